The Labute approximate surface area is 148 Å². The number of rotatable bonds is 5. The maximum atomic E-state index is 12.5. The minimum atomic E-state index is 0.259. The highest BCUT2D eigenvalue weighted by Crippen LogP contribution is 2.16. The normalized spacial score (nSPS) is 21.9. The number of piperazine rings is 1. The van der Waals surface area contributed by atoms with Crippen LogP contribution in [0.4, 0.5) is 0 Å². The Morgan fingerprint density at radius 1 is 1.24 bits per heavy atom. The van der Waals surface area contributed by atoms with E-state index in [-0.39, 0.29) is 5.91 Å². The summed E-state index contributed by atoms with van der Waals surface area (Å²) >= 11 is 0. The Balaban J connectivity index is 1.25. The van der Waals surface area contributed by atoms with Gasteiger partial charge in [-0.25, -0.2) is 0 Å². The molecule has 2 fully saturated rings. The van der Waals surface area contributed by atoms with Gasteiger partial charge in [-0.05, 0) is 24.5 Å². The third-order valence-electron chi connectivity index (χ3n) is 5.41. The summed E-state index contributed by atoms with van der Waals surface area (Å²) in [6.07, 6.45) is 7.44. The van der Waals surface area contributed by atoms with Gasteiger partial charge in [0.05, 0.1) is 18.3 Å². The molecule has 4 rings (SSSR count). The summed E-state index contributed by atoms with van der Waals surface area (Å²) in [5.41, 5.74) is 1.10. The van der Waals surface area contributed by atoms with Crippen LogP contribution < -0.4 is 0 Å². The van der Waals surface area contributed by atoms with E-state index in [0.29, 0.717) is 18.9 Å². The van der Waals surface area contributed by atoms with E-state index >= 15 is 0 Å². The Kier molecular flexibility index (Phi) is 4.99. The second kappa shape index (κ2) is 7.54. The summed E-state index contributed by atoms with van der Waals surface area (Å²) in [6.45, 7) is 7.31. The van der Waals surface area contributed by atoms with E-state index in [1.807, 2.05) is 23.4 Å². The number of hydrogen-bond donors (Lipinski definition) is 0. The number of carbonyl (C=O) groups is 1. The van der Waals surface area contributed by atoms with Gasteiger partial charge in [0.2, 0.25) is 5.91 Å². The fraction of sp³-hybridized carbons (Fsp3) is 0.579. The van der Waals surface area contributed by atoms with Gasteiger partial charge in [-0.1, -0.05) is 0 Å². The molecule has 0 unspecified atom stereocenters. The van der Waals surface area contributed by atoms with Gasteiger partial charge in [0.1, 0.15) is 0 Å². The van der Waals surface area contributed by atoms with Crippen LogP contribution in [0.25, 0.3) is 10.9 Å². The molecule has 1 atom stereocenters. The smallest absolute Gasteiger partial charge is 0.224 e. The minimum Gasteiger partial charge on any atom is -0.381 e. The minimum absolute atomic E-state index is 0.259. The molecule has 2 aliphatic heterocycles. The number of nitrogens with zero attached hydrogens (tertiary/aromatic N) is 4. The predicted octanol–water partition coefficient (Wildman–Crippen LogP) is 1.61. The highest BCUT2D eigenvalue weighted by Gasteiger charge is 2.24. The van der Waals surface area contributed by atoms with Crippen LogP contribution in [0, 0.1) is 5.92 Å². The zero-order valence-corrected chi connectivity index (χ0v) is 14.6. The van der Waals surface area contributed by atoms with E-state index in [4.69, 9.17) is 4.74 Å². The number of ether oxygens (including phenoxy) is 1. The molecule has 6 heteroatoms. The number of aromatic nitrogens is 2. The van der Waals surface area contributed by atoms with E-state index in [0.717, 1.165) is 51.5 Å². The number of pyridine rings is 1. The second-order valence-corrected chi connectivity index (χ2v) is 7.10. The lowest BCUT2D eigenvalue weighted by Crippen LogP contribution is -2.49. The maximum Gasteiger partial charge on any atom is 0.224 e. The van der Waals surface area contributed by atoms with Crippen molar-refractivity contribution in [3.8, 4) is 0 Å². The summed E-state index contributed by atoms with van der Waals surface area (Å²) in [4.78, 5) is 21.2. The molecule has 1 amide bonds. The number of hydrogen-bond acceptors (Lipinski definition) is 4. The fourth-order valence-corrected chi connectivity index (χ4v) is 3.87. The molecule has 0 radical (unpaired) electrons. The molecular formula is C19H26N4O2. The van der Waals surface area contributed by atoms with E-state index in [2.05, 4.69) is 20.5 Å². The Morgan fingerprint density at radius 2 is 2.12 bits per heavy atom. The van der Waals surface area contributed by atoms with Crippen LogP contribution in [0.5, 0.6) is 0 Å². The topological polar surface area (TPSA) is 50.6 Å². The second-order valence-electron chi connectivity index (χ2n) is 7.10. The van der Waals surface area contributed by atoms with Crippen LogP contribution in [-0.4, -0.2) is 71.2 Å². The molecule has 25 heavy (non-hydrogen) atoms. The Bertz CT molecular complexity index is 715. The number of aryl methyl sites for hydroxylation is 1. The molecule has 2 aliphatic rings. The van der Waals surface area contributed by atoms with Gasteiger partial charge in [0.25, 0.3) is 0 Å². The number of carbonyl (C=O) groups excluding carboxylic acids is 1. The zero-order chi connectivity index (χ0) is 17.1. The van der Waals surface area contributed by atoms with Crippen LogP contribution >= 0.6 is 0 Å². The van der Waals surface area contributed by atoms with Crippen molar-refractivity contribution in [3.05, 3.63) is 30.7 Å². The summed E-state index contributed by atoms with van der Waals surface area (Å²) in [5.74, 6) is 0.937. The molecule has 0 bridgehead atoms. The van der Waals surface area contributed by atoms with Gasteiger partial charge in [0, 0.05) is 70.1 Å². The molecule has 2 saturated heterocycles. The van der Waals surface area contributed by atoms with Crippen molar-refractivity contribution >= 4 is 16.8 Å². The summed E-state index contributed by atoms with van der Waals surface area (Å²) in [7, 11) is 0. The molecule has 0 aliphatic carbocycles. The van der Waals surface area contributed by atoms with E-state index in [9.17, 15) is 4.79 Å². The molecule has 2 aromatic rings. The quantitative estimate of drug-likeness (QED) is 0.828. The van der Waals surface area contributed by atoms with Gasteiger partial charge in [-0.3, -0.25) is 14.7 Å². The molecule has 0 aromatic carbocycles. The summed E-state index contributed by atoms with van der Waals surface area (Å²) in [5, 5.41) is 1.17. The van der Waals surface area contributed by atoms with Crippen molar-refractivity contribution in [2.75, 3.05) is 45.9 Å². The van der Waals surface area contributed by atoms with Gasteiger partial charge in [-0.2, -0.15) is 0 Å². The van der Waals surface area contributed by atoms with Crippen molar-refractivity contribution in [1.29, 1.82) is 0 Å². The third kappa shape index (κ3) is 3.85. The van der Waals surface area contributed by atoms with Crippen LogP contribution in [0.15, 0.2) is 30.7 Å². The molecule has 0 saturated carbocycles. The van der Waals surface area contributed by atoms with Gasteiger partial charge in [0.15, 0.2) is 0 Å². The fourth-order valence-electron chi connectivity index (χ4n) is 3.87. The third-order valence-corrected chi connectivity index (χ3v) is 5.41. The van der Waals surface area contributed by atoms with E-state index in [1.54, 1.807) is 6.20 Å². The van der Waals surface area contributed by atoms with Gasteiger partial charge < -0.3 is 14.2 Å². The standard InChI is InChI=1S/C19H26N4O2/c24-19(3-7-22-6-2-17-1-5-20-13-18(17)22)23-10-8-21(9-11-23)14-16-4-12-25-15-16/h1-2,5-6,13,16H,3-4,7-12,14-15H2/t16-/m1/s1. The number of fused-ring (bicyclic) bond motifs is 1. The molecule has 0 N–H and O–H groups in total. The summed E-state index contributed by atoms with van der Waals surface area (Å²) < 4.78 is 7.58. The first-order valence-corrected chi connectivity index (χ1v) is 9.26. The van der Waals surface area contributed by atoms with E-state index < -0.39 is 0 Å². The summed E-state index contributed by atoms with van der Waals surface area (Å²) in [6, 6.07) is 4.08. The van der Waals surface area contributed by atoms with Crippen molar-refractivity contribution in [2.45, 2.75) is 19.4 Å². The lowest BCUT2D eigenvalue weighted by molar-refractivity contribution is -0.133. The zero-order valence-electron chi connectivity index (χ0n) is 14.6. The lowest BCUT2D eigenvalue weighted by atomic mass is 10.1. The van der Waals surface area contributed by atoms with Crippen molar-refractivity contribution in [3.63, 3.8) is 0 Å². The van der Waals surface area contributed by atoms with Crippen molar-refractivity contribution in [1.82, 2.24) is 19.4 Å². The van der Waals surface area contributed by atoms with Crippen LogP contribution in [0.2, 0.25) is 0 Å². The lowest BCUT2D eigenvalue weighted by Gasteiger charge is -2.35. The van der Waals surface area contributed by atoms with Gasteiger partial charge in [-0.15, -0.1) is 0 Å². The molecule has 4 heterocycles. The first-order chi connectivity index (χ1) is 12.3. The monoisotopic (exact) mass is 342 g/mol. The molecule has 2 aromatic heterocycles. The maximum absolute atomic E-state index is 12.5. The molecule has 6 nitrogen and oxygen atoms in total. The first-order valence-electron chi connectivity index (χ1n) is 9.26. The largest absolute Gasteiger partial charge is 0.381 e. The van der Waals surface area contributed by atoms with Crippen molar-refractivity contribution in [2.24, 2.45) is 5.92 Å². The van der Waals surface area contributed by atoms with Crippen LogP contribution in [-0.2, 0) is 16.1 Å². The van der Waals surface area contributed by atoms with E-state index in [1.165, 1.54) is 11.8 Å². The first kappa shape index (κ1) is 16.5. The molecule has 0 spiro atoms. The van der Waals surface area contributed by atoms with Gasteiger partial charge >= 0.3 is 0 Å². The Hall–Kier alpha value is -1.92. The average molecular weight is 342 g/mol. The number of amides is 1. The van der Waals surface area contributed by atoms with Crippen molar-refractivity contribution < 1.29 is 9.53 Å². The van der Waals surface area contributed by atoms with Crippen LogP contribution in [0.1, 0.15) is 12.8 Å². The molecular weight excluding hydrogens is 316 g/mol. The highest BCUT2D eigenvalue weighted by molar-refractivity contribution is 5.79. The SMILES string of the molecule is O=C(CCn1ccc2ccncc21)N1CCN(C[C@H]2CCOC2)CC1. The molecule has 134 valence electrons. The average Bonchev–Trinajstić information content (AvgIpc) is 3.30. The highest BCUT2D eigenvalue weighted by atomic mass is 16.5. The Morgan fingerprint density at radius 3 is 2.92 bits per heavy atom. The predicted molar refractivity (Wildman–Crippen MR) is 96.3 cm³/mol. The van der Waals surface area contributed by atoms with Crippen LogP contribution in [0.3, 0.4) is 0 Å².